The Balaban J connectivity index is 1.81. The van der Waals surface area contributed by atoms with E-state index >= 15 is 0 Å². The molecule has 1 aromatic carbocycles. The molecule has 0 saturated carbocycles. The van der Waals surface area contributed by atoms with E-state index in [-0.39, 0.29) is 11.9 Å². The standard InChI is InChI=1S/C22H27NO5S/c1-4-17(28-15-10-8-9-14(13-15)26-3)20(24)23-21-19(22(25)27-5-2)16-11-6-7-12-18(16)29-21/h8-10,13,17H,4-7,11-12H2,1-3H3,(H,23,24)/t17-/m0/s1. The molecule has 0 radical (unpaired) electrons. The van der Waals surface area contributed by atoms with E-state index in [0.717, 1.165) is 36.1 Å². The number of benzene rings is 1. The van der Waals surface area contributed by atoms with Gasteiger partial charge in [0.2, 0.25) is 0 Å². The Morgan fingerprint density at radius 3 is 2.66 bits per heavy atom. The zero-order valence-corrected chi connectivity index (χ0v) is 17.9. The van der Waals surface area contributed by atoms with E-state index in [0.29, 0.717) is 35.1 Å². The fourth-order valence-electron chi connectivity index (χ4n) is 3.43. The van der Waals surface area contributed by atoms with Gasteiger partial charge >= 0.3 is 5.97 Å². The number of fused-ring (bicyclic) bond motifs is 1. The second-order valence-electron chi connectivity index (χ2n) is 6.82. The van der Waals surface area contributed by atoms with Crippen molar-refractivity contribution in [1.29, 1.82) is 0 Å². The molecule has 156 valence electrons. The molecule has 1 aliphatic rings. The number of amides is 1. The molecule has 1 aromatic heterocycles. The summed E-state index contributed by atoms with van der Waals surface area (Å²) in [6, 6.07) is 7.15. The fourth-order valence-corrected chi connectivity index (χ4v) is 4.71. The summed E-state index contributed by atoms with van der Waals surface area (Å²) in [5.41, 5.74) is 1.54. The average molecular weight is 418 g/mol. The molecule has 0 spiro atoms. The van der Waals surface area contributed by atoms with Crippen LogP contribution < -0.4 is 14.8 Å². The van der Waals surface area contributed by atoms with Crippen molar-refractivity contribution < 1.29 is 23.8 Å². The van der Waals surface area contributed by atoms with Gasteiger partial charge in [-0.05, 0) is 56.7 Å². The summed E-state index contributed by atoms with van der Waals surface area (Å²) >= 11 is 1.48. The number of esters is 1. The number of methoxy groups -OCH3 is 1. The molecular formula is C22H27NO5S. The van der Waals surface area contributed by atoms with E-state index in [1.54, 1.807) is 26.2 Å². The van der Waals surface area contributed by atoms with Crippen LogP contribution in [0.4, 0.5) is 5.00 Å². The first-order chi connectivity index (χ1) is 14.1. The Labute approximate surface area is 175 Å². The van der Waals surface area contributed by atoms with Gasteiger partial charge in [-0.2, -0.15) is 0 Å². The average Bonchev–Trinajstić information content (AvgIpc) is 3.10. The summed E-state index contributed by atoms with van der Waals surface area (Å²) in [5.74, 6) is 0.569. The maximum absolute atomic E-state index is 12.9. The Morgan fingerprint density at radius 1 is 1.17 bits per heavy atom. The molecule has 0 bridgehead atoms. The predicted molar refractivity (Wildman–Crippen MR) is 113 cm³/mol. The second-order valence-corrected chi connectivity index (χ2v) is 7.92. The van der Waals surface area contributed by atoms with Gasteiger partial charge in [-0.3, -0.25) is 4.79 Å². The Hall–Kier alpha value is -2.54. The molecule has 0 unspecified atom stereocenters. The van der Waals surface area contributed by atoms with Gasteiger partial charge in [-0.25, -0.2) is 4.79 Å². The van der Waals surface area contributed by atoms with Crippen molar-refractivity contribution in [3.05, 3.63) is 40.3 Å². The lowest BCUT2D eigenvalue weighted by Crippen LogP contribution is -2.32. The maximum atomic E-state index is 12.9. The largest absolute Gasteiger partial charge is 0.497 e. The number of thiophene rings is 1. The summed E-state index contributed by atoms with van der Waals surface area (Å²) in [6.07, 6.45) is 3.71. The maximum Gasteiger partial charge on any atom is 0.341 e. The predicted octanol–water partition coefficient (Wildman–Crippen LogP) is 4.61. The number of aryl methyl sites for hydroxylation is 1. The summed E-state index contributed by atoms with van der Waals surface area (Å²) in [7, 11) is 1.58. The van der Waals surface area contributed by atoms with Crippen molar-refractivity contribution in [3.63, 3.8) is 0 Å². The smallest absolute Gasteiger partial charge is 0.341 e. The van der Waals surface area contributed by atoms with Crippen molar-refractivity contribution in [3.8, 4) is 11.5 Å². The van der Waals surface area contributed by atoms with Crippen LogP contribution in [-0.2, 0) is 22.4 Å². The normalized spacial score (nSPS) is 13.9. The fraction of sp³-hybridized carbons (Fsp3) is 0.455. The van der Waals surface area contributed by atoms with Crippen molar-refractivity contribution >= 4 is 28.2 Å². The lowest BCUT2D eigenvalue weighted by molar-refractivity contribution is -0.122. The minimum atomic E-state index is -0.684. The van der Waals surface area contributed by atoms with E-state index in [1.165, 1.54) is 11.3 Å². The molecule has 0 aliphatic heterocycles. The Morgan fingerprint density at radius 2 is 1.93 bits per heavy atom. The summed E-state index contributed by atoms with van der Waals surface area (Å²) in [4.78, 5) is 26.7. The van der Waals surface area contributed by atoms with Gasteiger partial charge in [0.25, 0.3) is 5.91 Å². The van der Waals surface area contributed by atoms with Crippen LogP contribution in [0.25, 0.3) is 0 Å². The number of carbonyl (C=O) groups is 2. The van der Waals surface area contributed by atoms with Crippen molar-refractivity contribution in [2.75, 3.05) is 19.0 Å². The first-order valence-electron chi connectivity index (χ1n) is 10.0. The van der Waals surface area contributed by atoms with Gasteiger partial charge < -0.3 is 19.5 Å². The number of hydrogen-bond donors (Lipinski definition) is 1. The third-order valence-corrected chi connectivity index (χ3v) is 6.08. The molecule has 0 fully saturated rings. The summed E-state index contributed by atoms with van der Waals surface area (Å²) in [6.45, 7) is 3.97. The number of nitrogens with one attached hydrogen (secondary N) is 1. The summed E-state index contributed by atoms with van der Waals surface area (Å²) < 4.78 is 16.3. The number of rotatable bonds is 8. The minimum Gasteiger partial charge on any atom is -0.497 e. The monoisotopic (exact) mass is 417 g/mol. The lowest BCUT2D eigenvalue weighted by atomic mass is 9.95. The van der Waals surface area contributed by atoms with Crippen LogP contribution in [0, 0.1) is 0 Å². The summed E-state index contributed by atoms with van der Waals surface area (Å²) in [5, 5.41) is 3.49. The number of ether oxygens (including phenoxy) is 3. The third kappa shape index (κ3) is 4.90. The van der Waals surface area contributed by atoms with Crippen molar-refractivity contribution in [2.45, 2.75) is 52.1 Å². The van der Waals surface area contributed by atoms with Crippen LogP contribution in [0.2, 0.25) is 0 Å². The van der Waals surface area contributed by atoms with Gasteiger partial charge in [-0.15, -0.1) is 11.3 Å². The first-order valence-corrected chi connectivity index (χ1v) is 10.8. The zero-order valence-electron chi connectivity index (χ0n) is 17.1. The SMILES string of the molecule is CCOC(=O)c1c(NC(=O)[C@H](CC)Oc2cccc(OC)c2)sc2c1CCCC2. The minimum absolute atomic E-state index is 0.278. The van der Waals surface area contributed by atoms with E-state index < -0.39 is 6.10 Å². The molecule has 1 atom stereocenters. The Bertz CT molecular complexity index is 876. The quantitative estimate of drug-likeness (QED) is 0.635. The molecular weight excluding hydrogens is 390 g/mol. The highest BCUT2D eigenvalue weighted by Gasteiger charge is 2.29. The first kappa shape index (κ1) is 21.2. The van der Waals surface area contributed by atoms with Crippen LogP contribution in [0.15, 0.2) is 24.3 Å². The molecule has 1 aliphatic carbocycles. The highest BCUT2D eigenvalue weighted by Crippen LogP contribution is 2.38. The zero-order chi connectivity index (χ0) is 20.8. The second kappa shape index (κ2) is 9.78. The number of hydrogen-bond acceptors (Lipinski definition) is 6. The van der Waals surface area contributed by atoms with Gasteiger partial charge in [0.15, 0.2) is 6.10 Å². The van der Waals surface area contributed by atoms with Gasteiger partial charge in [0.05, 0.1) is 19.3 Å². The van der Waals surface area contributed by atoms with Gasteiger partial charge in [-0.1, -0.05) is 13.0 Å². The number of carbonyl (C=O) groups excluding carboxylic acids is 2. The number of anilines is 1. The van der Waals surface area contributed by atoms with Gasteiger partial charge in [0, 0.05) is 10.9 Å². The molecule has 3 rings (SSSR count). The molecule has 1 heterocycles. The lowest BCUT2D eigenvalue weighted by Gasteiger charge is -2.18. The molecule has 6 nitrogen and oxygen atoms in total. The Kier molecular flexibility index (Phi) is 7.14. The van der Waals surface area contributed by atoms with Crippen LogP contribution in [0.1, 0.15) is 53.9 Å². The highest BCUT2D eigenvalue weighted by molar-refractivity contribution is 7.17. The van der Waals surface area contributed by atoms with Crippen LogP contribution in [0.3, 0.4) is 0 Å². The van der Waals surface area contributed by atoms with Crippen molar-refractivity contribution in [1.82, 2.24) is 0 Å². The molecule has 1 amide bonds. The van der Waals surface area contributed by atoms with Crippen LogP contribution >= 0.6 is 11.3 Å². The molecule has 0 saturated heterocycles. The molecule has 29 heavy (non-hydrogen) atoms. The van der Waals surface area contributed by atoms with E-state index in [1.807, 2.05) is 19.1 Å². The van der Waals surface area contributed by atoms with E-state index in [4.69, 9.17) is 14.2 Å². The highest BCUT2D eigenvalue weighted by atomic mass is 32.1. The van der Waals surface area contributed by atoms with Gasteiger partial charge in [0.1, 0.15) is 16.5 Å². The van der Waals surface area contributed by atoms with E-state index in [2.05, 4.69) is 5.32 Å². The van der Waals surface area contributed by atoms with Crippen molar-refractivity contribution in [2.24, 2.45) is 0 Å². The van der Waals surface area contributed by atoms with Crippen LogP contribution in [0.5, 0.6) is 11.5 Å². The van der Waals surface area contributed by atoms with E-state index in [9.17, 15) is 9.59 Å². The topological polar surface area (TPSA) is 73.9 Å². The molecule has 1 N–H and O–H groups in total. The van der Waals surface area contributed by atoms with Crippen LogP contribution in [-0.4, -0.2) is 31.7 Å². The molecule has 7 heteroatoms. The molecule has 2 aromatic rings. The third-order valence-electron chi connectivity index (χ3n) is 4.87.